The van der Waals surface area contributed by atoms with E-state index in [1.54, 1.807) is 25.3 Å². The predicted molar refractivity (Wildman–Crippen MR) is 84.5 cm³/mol. The second kappa shape index (κ2) is 6.50. The van der Waals surface area contributed by atoms with Crippen LogP contribution in [0.1, 0.15) is 21.6 Å². The van der Waals surface area contributed by atoms with E-state index in [0.717, 1.165) is 11.1 Å². The lowest BCUT2D eigenvalue weighted by molar-refractivity contribution is 0.0692. The minimum atomic E-state index is -1.07. The number of ether oxygens (including phenoxy) is 2. The summed E-state index contributed by atoms with van der Waals surface area (Å²) in [6, 6.07) is 13.1. The number of nitrogens with zero attached hydrogens (tertiary/aromatic N) is 1. The van der Waals surface area contributed by atoms with Gasteiger partial charge in [-0.15, -0.1) is 0 Å². The number of rotatable bonds is 6. The third kappa shape index (κ3) is 3.32. The summed E-state index contributed by atoms with van der Waals surface area (Å²) in [6.07, 6.45) is 0. The fourth-order valence-electron chi connectivity index (χ4n) is 2.39. The van der Waals surface area contributed by atoms with Crippen molar-refractivity contribution in [1.29, 1.82) is 0 Å². The fourth-order valence-corrected chi connectivity index (χ4v) is 2.39. The van der Waals surface area contributed by atoms with Gasteiger partial charge in [0, 0.05) is 12.5 Å². The Labute approximate surface area is 132 Å². The van der Waals surface area contributed by atoms with Gasteiger partial charge >= 0.3 is 5.97 Å². The van der Waals surface area contributed by atoms with Crippen LogP contribution in [-0.4, -0.2) is 28.4 Å². The number of aromatic carboxylic acids is 1. The van der Waals surface area contributed by atoms with Crippen LogP contribution in [0.15, 0.2) is 42.5 Å². The monoisotopic (exact) mass is 312 g/mol. The molecule has 2 N–H and O–H groups in total. The van der Waals surface area contributed by atoms with E-state index in [0.29, 0.717) is 29.9 Å². The van der Waals surface area contributed by atoms with Crippen LogP contribution in [0.25, 0.3) is 10.9 Å². The molecule has 23 heavy (non-hydrogen) atoms. The molecule has 0 fully saturated rings. The minimum absolute atomic E-state index is 0.00691. The molecule has 0 spiro atoms. The number of hydrogen-bond donors (Lipinski definition) is 2. The molecule has 0 unspecified atom stereocenters. The van der Waals surface area contributed by atoms with E-state index < -0.39 is 5.97 Å². The van der Waals surface area contributed by atoms with Crippen LogP contribution in [0.3, 0.4) is 0 Å². The number of carbonyl (C=O) groups is 1. The highest BCUT2D eigenvalue weighted by Gasteiger charge is 2.13. The third-order valence-corrected chi connectivity index (χ3v) is 3.44. The van der Waals surface area contributed by atoms with Gasteiger partial charge in [0.05, 0.1) is 12.1 Å². The van der Waals surface area contributed by atoms with Crippen molar-refractivity contribution in [2.45, 2.75) is 13.2 Å². The first-order valence-corrected chi connectivity index (χ1v) is 7.08. The lowest BCUT2D eigenvalue weighted by Gasteiger charge is -2.08. The van der Waals surface area contributed by atoms with Gasteiger partial charge in [-0.2, -0.15) is 5.10 Å². The zero-order valence-electron chi connectivity index (χ0n) is 12.6. The van der Waals surface area contributed by atoms with Crippen LogP contribution in [0.4, 0.5) is 0 Å². The normalized spacial score (nSPS) is 10.8. The summed E-state index contributed by atoms with van der Waals surface area (Å²) in [5, 5.41) is 16.1. The molecule has 0 saturated carbocycles. The molecule has 0 bridgehead atoms. The van der Waals surface area contributed by atoms with Gasteiger partial charge in [0.15, 0.2) is 5.69 Å². The van der Waals surface area contributed by atoms with Gasteiger partial charge in [-0.05, 0) is 29.3 Å². The number of carboxylic acids is 1. The Bertz CT molecular complexity index is 841. The minimum Gasteiger partial charge on any atom is -0.489 e. The molecule has 6 heteroatoms. The molecular weight excluding hydrogens is 296 g/mol. The highest BCUT2D eigenvalue weighted by atomic mass is 16.5. The Balaban J connectivity index is 1.77. The molecule has 0 aliphatic heterocycles. The first kappa shape index (κ1) is 15.1. The second-order valence-electron chi connectivity index (χ2n) is 5.13. The van der Waals surface area contributed by atoms with E-state index in [1.807, 2.05) is 24.3 Å². The SMILES string of the molecule is COCc1cccc(COc2ccc3[nH]nc(C(=O)O)c3c2)c1. The van der Waals surface area contributed by atoms with Crippen molar-refractivity contribution in [3.8, 4) is 5.75 Å². The predicted octanol–water partition coefficient (Wildman–Crippen LogP) is 2.99. The second-order valence-corrected chi connectivity index (χ2v) is 5.13. The van der Waals surface area contributed by atoms with Crippen LogP contribution >= 0.6 is 0 Å². The highest BCUT2D eigenvalue weighted by molar-refractivity contribution is 6.01. The van der Waals surface area contributed by atoms with Gasteiger partial charge < -0.3 is 14.6 Å². The zero-order valence-corrected chi connectivity index (χ0v) is 12.6. The van der Waals surface area contributed by atoms with Crippen LogP contribution in [0.5, 0.6) is 5.75 Å². The number of H-pyrrole nitrogens is 1. The van der Waals surface area contributed by atoms with E-state index in [4.69, 9.17) is 14.6 Å². The molecular formula is C17H16N2O4. The van der Waals surface area contributed by atoms with Crippen molar-refractivity contribution < 1.29 is 19.4 Å². The average Bonchev–Trinajstić information content (AvgIpc) is 2.97. The summed E-state index contributed by atoms with van der Waals surface area (Å²) in [5.74, 6) is -0.473. The topological polar surface area (TPSA) is 84.4 Å². The molecule has 0 aliphatic rings. The van der Waals surface area contributed by atoms with E-state index in [9.17, 15) is 4.79 Å². The maximum absolute atomic E-state index is 11.1. The first-order valence-electron chi connectivity index (χ1n) is 7.08. The van der Waals surface area contributed by atoms with Crippen molar-refractivity contribution in [2.75, 3.05) is 7.11 Å². The molecule has 0 radical (unpaired) electrons. The molecule has 118 valence electrons. The summed E-state index contributed by atoms with van der Waals surface area (Å²) in [5.41, 5.74) is 2.75. The van der Waals surface area contributed by atoms with Crippen molar-refractivity contribution in [3.63, 3.8) is 0 Å². The Morgan fingerprint density at radius 1 is 1.17 bits per heavy atom. The number of nitrogens with one attached hydrogen (secondary N) is 1. The Morgan fingerprint density at radius 2 is 1.96 bits per heavy atom. The number of aromatic amines is 1. The molecule has 1 heterocycles. The molecule has 2 aromatic carbocycles. The van der Waals surface area contributed by atoms with Crippen molar-refractivity contribution >= 4 is 16.9 Å². The maximum atomic E-state index is 11.1. The Morgan fingerprint density at radius 3 is 2.70 bits per heavy atom. The highest BCUT2D eigenvalue weighted by Crippen LogP contribution is 2.23. The molecule has 3 aromatic rings. The summed E-state index contributed by atoms with van der Waals surface area (Å²) in [4.78, 5) is 11.1. The van der Waals surface area contributed by atoms with Crippen molar-refractivity contribution in [3.05, 3.63) is 59.3 Å². The lowest BCUT2D eigenvalue weighted by atomic mass is 10.1. The zero-order chi connectivity index (χ0) is 16.2. The van der Waals surface area contributed by atoms with E-state index in [2.05, 4.69) is 10.2 Å². The molecule has 6 nitrogen and oxygen atoms in total. The van der Waals surface area contributed by atoms with Gasteiger partial charge in [0.2, 0.25) is 0 Å². The Hall–Kier alpha value is -2.86. The molecule has 1 aromatic heterocycles. The maximum Gasteiger partial charge on any atom is 0.357 e. The smallest absolute Gasteiger partial charge is 0.357 e. The molecule has 3 rings (SSSR count). The van der Waals surface area contributed by atoms with Crippen molar-refractivity contribution in [2.24, 2.45) is 0 Å². The van der Waals surface area contributed by atoms with E-state index >= 15 is 0 Å². The third-order valence-electron chi connectivity index (χ3n) is 3.44. The standard InChI is InChI=1S/C17H16N2O4/c1-22-9-11-3-2-4-12(7-11)10-23-13-5-6-15-14(8-13)16(17(20)21)19-18-15/h2-8H,9-10H2,1H3,(H,18,19)(H,20,21). The Kier molecular flexibility index (Phi) is 4.25. The van der Waals surface area contributed by atoms with Crippen LogP contribution in [-0.2, 0) is 18.0 Å². The first-order chi connectivity index (χ1) is 11.2. The number of methoxy groups -OCH3 is 1. The number of fused-ring (bicyclic) bond motifs is 1. The van der Waals surface area contributed by atoms with Gasteiger partial charge in [-0.25, -0.2) is 4.79 Å². The molecule has 0 saturated heterocycles. The van der Waals surface area contributed by atoms with Crippen LogP contribution < -0.4 is 4.74 Å². The molecule has 0 aliphatic carbocycles. The summed E-state index contributed by atoms with van der Waals surface area (Å²) < 4.78 is 10.9. The lowest BCUT2D eigenvalue weighted by Crippen LogP contribution is -1.98. The number of aromatic nitrogens is 2. The van der Waals surface area contributed by atoms with Gasteiger partial charge in [-0.3, -0.25) is 5.10 Å². The summed E-state index contributed by atoms with van der Waals surface area (Å²) >= 11 is 0. The fraction of sp³-hybridized carbons (Fsp3) is 0.176. The average molecular weight is 312 g/mol. The number of benzene rings is 2. The molecule has 0 atom stereocenters. The number of hydrogen-bond acceptors (Lipinski definition) is 4. The quantitative estimate of drug-likeness (QED) is 0.731. The van der Waals surface area contributed by atoms with Crippen molar-refractivity contribution in [1.82, 2.24) is 10.2 Å². The van der Waals surface area contributed by atoms with E-state index in [1.165, 1.54) is 0 Å². The van der Waals surface area contributed by atoms with E-state index in [-0.39, 0.29) is 5.69 Å². The summed E-state index contributed by atoms with van der Waals surface area (Å²) in [6.45, 7) is 0.945. The number of carboxylic acid groups (broad SMARTS) is 1. The van der Waals surface area contributed by atoms with Gasteiger partial charge in [-0.1, -0.05) is 24.3 Å². The van der Waals surface area contributed by atoms with Gasteiger partial charge in [0.25, 0.3) is 0 Å². The summed E-state index contributed by atoms with van der Waals surface area (Å²) in [7, 11) is 1.66. The van der Waals surface area contributed by atoms with Gasteiger partial charge in [0.1, 0.15) is 12.4 Å². The van der Waals surface area contributed by atoms with Crippen LogP contribution in [0, 0.1) is 0 Å². The largest absolute Gasteiger partial charge is 0.489 e. The molecule has 0 amide bonds. The van der Waals surface area contributed by atoms with Crippen LogP contribution in [0.2, 0.25) is 0 Å².